The van der Waals surface area contributed by atoms with E-state index in [4.69, 9.17) is 9.05 Å². The Hall–Kier alpha value is 0.179. The summed E-state index contributed by atoms with van der Waals surface area (Å²) in [5.41, 5.74) is 0. The molecule has 0 rings (SSSR count). The minimum absolute atomic E-state index is 0.0900. The van der Waals surface area contributed by atoms with Gasteiger partial charge in [-0.2, -0.15) is 0 Å². The van der Waals surface area contributed by atoms with E-state index in [0.717, 1.165) is 0 Å². The standard InChI is InChI=1S/C9H14O4P.3C4H9.Sn/c1-5-6-8(2)9(10)7-14(11,12-3)13-4;3*1-3-4-2;/h8H,6-7H2,2-4H3;3*1,3-4H2,2H3;. The number of unbranched alkanes of at least 4 members (excludes halogenated alkanes) is 3. The average Bonchev–Trinajstić information content (AvgIpc) is 2.68. The van der Waals surface area contributed by atoms with E-state index >= 15 is 0 Å². The van der Waals surface area contributed by atoms with Gasteiger partial charge in [-0.3, -0.25) is 0 Å². The normalized spacial score (nSPS) is 13.1. The van der Waals surface area contributed by atoms with Crippen molar-refractivity contribution in [1.29, 1.82) is 0 Å². The van der Waals surface area contributed by atoms with Gasteiger partial charge >= 0.3 is 172 Å². The second-order valence-corrected chi connectivity index (χ2v) is 22.2. The molecule has 0 aromatic carbocycles. The van der Waals surface area contributed by atoms with Crippen LogP contribution in [0, 0.1) is 15.8 Å². The number of rotatable bonds is 15. The molecule has 0 heterocycles. The van der Waals surface area contributed by atoms with Crippen molar-refractivity contribution in [1.82, 2.24) is 0 Å². The first-order chi connectivity index (χ1) is 12.8. The Labute approximate surface area is 172 Å². The van der Waals surface area contributed by atoms with E-state index in [0.29, 0.717) is 6.42 Å². The molecule has 1 unspecified atom stereocenters. The molecule has 0 fully saturated rings. The van der Waals surface area contributed by atoms with E-state index in [-0.39, 0.29) is 17.9 Å². The first-order valence-corrected chi connectivity index (χ1v) is 19.8. The molecular formula is C21H41O4PSn. The van der Waals surface area contributed by atoms with Crippen LogP contribution in [0.5, 0.6) is 0 Å². The van der Waals surface area contributed by atoms with Gasteiger partial charge in [-0.15, -0.1) is 0 Å². The Kier molecular flexibility index (Phi) is 15.2. The summed E-state index contributed by atoms with van der Waals surface area (Å²) in [5.74, 6) is 3.08. The monoisotopic (exact) mass is 508 g/mol. The molecule has 0 saturated heterocycles. The first kappa shape index (κ1) is 27.2. The van der Waals surface area contributed by atoms with Gasteiger partial charge in [0.15, 0.2) is 0 Å². The predicted octanol–water partition coefficient (Wildman–Crippen LogP) is 6.46. The van der Waals surface area contributed by atoms with Crippen molar-refractivity contribution >= 4 is 31.8 Å². The Balaban J connectivity index is 5.12. The quantitative estimate of drug-likeness (QED) is 0.145. The van der Waals surface area contributed by atoms with Gasteiger partial charge in [-0.25, -0.2) is 0 Å². The second kappa shape index (κ2) is 15.1. The number of hydrogen-bond donors (Lipinski definition) is 0. The van der Waals surface area contributed by atoms with E-state index in [9.17, 15) is 9.36 Å². The van der Waals surface area contributed by atoms with Gasteiger partial charge < -0.3 is 0 Å². The van der Waals surface area contributed by atoms with Crippen molar-refractivity contribution < 1.29 is 18.4 Å². The summed E-state index contributed by atoms with van der Waals surface area (Å²) in [7, 11) is -0.646. The summed E-state index contributed by atoms with van der Waals surface area (Å²) in [6, 6.07) is 0. The molecule has 0 aliphatic carbocycles. The third kappa shape index (κ3) is 11.1. The fourth-order valence-corrected chi connectivity index (χ4v) is 17.7. The van der Waals surface area contributed by atoms with E-state index < -0.39 is 26.0 Å². The van der Waals surface area contributed by atoms with Crippen molar-refractivity contribution in [3.05, 3.63) is 0 Å². The van der Waals surface area contributed by atoms with Gasteiger partial charge in [0.1, 0.15) is 0 Å². The summed E-state index contributed by atoms with van der Waals surface area (Å²) < 4.78 is 29.8. The topological polar surface area (TPSA) is 52.6 Å². The molecule has 0 saturated carbocycles. The predicted molar refractivity (Wildman–Crippen MR) is 118 cm³/mol. The molecule has 0 bridgehead atoms. The molecule has 6 heteroatoms. The molecule has 0 aliphatic heterocycles. The maximum absolute atomic E-state index is 12.4. The van der Waals surface area contributed by atoms with Gasteiger partial charge in [-0.1, -0.05) is 0 Å². The van der Waals surface area contributed by atoms with Gasteiger partial charge in [-0.05, 0) is 0 Å². The van der Waals surface area contributed by atoms with Crippen LogP contribution in [0.2, 0.25) is 13.3 Å². The Morgan fingerprint density at radius 1 is 0.963 bits per heavy atom. The van der Waals surface area contributed by atoms with E-state index in [1.807, 2.05) is 6.92 Å². The van der Waals surface area contributed by atoms with Crippen LogP contribution in [-0.2, 0) is 18.4 Å². The van der Waals surface area contributed by atoms with E-state index in [1.54, 1.807) is 0 Å². The number of hydrogen-bond acceptors (Lipinski definition) is 4. The first-order valence-electron chi connectivity index (χ1n) is 10.5. The third-order valence-electron chi connectivity index (χ3n) is 5.24. The van der Waals surface area contributed by atoms with Crippen molar-refractivity contribution in [3.63, 3.8) is 0 Å². The fraction of sp³-hybridized carbons (Fsp3) is 0.857. The summed E-state index contributed by atoms with van der Waals surface area (Å²) in [6.07, 6.45) is 7.95. The van der Waals surface area contributed by atoms with Crippen LogP contribution in [0.4, 0.5) is 0 Å². The average molecular weight is 507 g/mol. The molecule has 0 amide bonds. The molecule has 0 spiro atoms. The zero-order valence-corrected chi connectivity index (χ0v) is 22.2. The van der Waals surface area contributed by atoms with Gasteiger partial charge in [0.25, 0.3) is 0 Å². The Bertz CT molecular complexity index is 494. The SMILES string of the molecule is CCC[CH2][Sn]([C]#CCC(C)C(=O)CP(=O)(OC)OC)([CH2]CCC)[CH2]CCC. The number of carbonyl (C=O) groups is 1. The van der Waals surface area contributed by atoms with E-state index in [2.05, 4.69) is 30.6 Å². The number of Topliss-reactive ketones (excluding diaryl/α,β-unsaturated/α-hetero) is 1. The van der Waals surface area contributed by atoms with Crippen molar-refractivity contribution in [2.75, 3.05) is 20.4 Å². The molecule has 158 valence electrons. The van der Waals surface area contributed by atoms with Crippen LogP contribution < -0.4 is 0 Å². The van der Waals surface area contributed by atoms with Crippen LogP contribution in [-0.4, -0.2) is 44.5 Å². The Morgan fingerprint density at radius 3 is 1.78 bits per heavy atom. The zero-order chi connectivity index (χ0) is 20.8. The summed E-state index contributed by atoms with van der Waals surface area (Å²) in [6.45, 7) is 8.64. The number of carbonyl (C=O) groups excluding carboxylic acids is 1. The van der Waals surface area contributed by atoms with Gasteiger partial charge in [0, 0.05) is 0 Å². The molecule has 0 radical (unpaired) electrons. The van der Waals surface area contributed by atoms with E-state index in [1.165, 1.54) is 66.1 Å². The van der Waals surface area contributed by atoms with Crippen molar-refractivity contribution in [2.45, 2.75) is 86.0 Å². The van der Waals surface area contributed by atoms with Gasteiger partial charge in [0.2, 0.25) is 0 Å². The third-order valence-corrected chi connectivity index (χ3v) is 20.3. The molecule has 0 N–H and O–H groups in total. The maximum atomic E-state index is 12.4. The summed E-state index contributed by atoms with van der Waals surface area (Å²) >= 11 is -2.46. The fourth-order valence-electron chi connectivity index (χ4n) is 3.16. The second-order valence-electron chi connectivity index (χ2n) is 7.60. The van der Waals surface area contributed by atoms with Crippen molar-refractivity contribution in [3.8, 4) is 9.86 Å². The van der Waals surface area contributed by atoms with Crippen molar-refractivity contribution in [2.24, 2.45) is 5.92 Å². The van der Waals surface area contributed by atoms with Crippen LogP contribution in [0.3, 0.4) is 0 Å². The molecule has 0 aromatic rings. The van der Waals surface area contributed by atoms with Crippen LogP contribution >= 0.6 is 7.60 Å². The number of ketones is 1. The van der Waals surface area contributed by atoms with Gasteiger partial charge in [0.05, 0.1) is 0 Å². The van der Waals surface area contributed by atoms with Crippen LogP contribution in [0.15, 0.2) is 0 Å². The zero-order valence-electron chi connectivity index (χ0n) is 18.4. The van der Waals surface area contributed by atoms with Crippen LogP contribution in [0.1, 0.15) is 72.6 Å². The molecule has 0 aliphatic rings. The van der Waals surface area contributed by atoms with Crippen LogP contribution in [0.25, 0.3) is 0 Å². The Morgan fingerprint density at radius 2 is 1.41 bits per heavy atom. The molecule has 4 nitrogen and oxygen atoms in total. The molecule has 27 heavy (non-hydrogen) atoms. The minimum atomic E-state index is -3.28. The molecule has 1 atom stereocenters. The molecular weight excluding hydrogens is 466 g/mol. The molecule has 0 aromatic heterocycles. The summed E-state index contributed by atoms with van der Waals surface area (Å²) in [4.78, 5) is 12.4. The summed E-state index contributed by atoms with van der Waals surface area (Å²) in [5, 5.41) is 0.